The van der Waals surface area contributed by atoms with E-state index in [2.05, 4.69) is 0 Å². The van der Waals surface area contributed by atoms with Gasteiger partial charge in [-0.15, -0.1) is 4.31 Å². The van der Waals surface area contributed by atoms with Crippen LogP contribution in [0.2, 0.25) is 0 Å². The van der Waals surface area contributed by atoms with Crippen molar-refractivity contribution in [3.05, 3.63) is 0 Å². The molecule has 3 nitrogen and oxygen atoms in total. The van der Waals surface area contributed by atoms with Gasteiger partial charge in [0.2, 0.25) is 0 Å². The molecule has 1 saturated heterocycles. The van der Waals surface area contributed by atoms with Crippen LogP contribution in [-0.2, 0) is 9.24 Å². The third-order valence-corrected chi connectivity index (χ3v) is 2.94. The van der Waals surface area contributed by atoms with E-state index in [1.54, 1.807) is 0 Å². The second kappa shape index (κ2) is 2.53. The molecule has 0 spiro atoms. The molecule has 0 bridgehead atoms. The molecule has 1 heterocycles. The Balaban J connectivity index is 2.91. The average Bonchev–Trinajstić information content (AvgIpc) is 2.06. The summed E-state index contributed by atoms with van der Waals surface area (Å²) in [7, 11) is 0.487. The van der Waals surface area contributed by atoms with Gasteiger partial charge in [-0.1, -0.05) is 0 Å². The molecule has 1 rings (SSSR count). The molecule has 0 aliphatic carbocycles. The summed E-state index contributed by atoms with van der Waals surface area (Å²) >= 11 is 0. The van der Waals surface area contributed by atoms with Gasteiger partial charge in [0.1, 0.15) is 0 Å². The highest BCUT2D eigenvalue weighted by molar-refractivity contribution is 8.11. The van der Waals surface area contributed by atoms with Crippen molar-refractivity contribution in [2.75, 3.05) is 6.54 Å². The van der Waals surface area contributed by atoms with Crippen molar-refractivity contribution >= 4 is 19.9 Å². The summed E-state index contributed by atoms with van der Waals surface area (Å²) in [6.45, 7) is -0.196. The molecule has 0 aromatic heterocycles. The van der Waals surface area contributed by atoms with E-state index in [1.165, 1.54) is 0 Å². The molecule has 0 aromatic rings. The molecule has 0 radical (unpaired) electrons. The van der Waals surface area contributed by atoms with Crippen LogP contribution >= 0.6 is 10.7 Å². The second-order valence-electron chi connectivity index (χ2n) is 2.28. The number of halogens is 3. The number of hydrogen-bond donors (Lipinski definition) is 0. The van der Waals surface area contributed by atoms with Gasteiger partial charge >= 0.3 is 15.3 Å². The highest BCUT2D eigenvalue weighted by atomic mass is 35.7. The van der Waals surface area contributed by atoms with Crippen molar-refractivity contribution in [3.63, 3.8) is 0 Å². The average molecular weight is 206 g/mol. The number of nitrogens with zero attached hydrogens (tertiary/aromatic N) is 1. The quantitative estimate of drug-likeness (QED) is 0.476. The zero-order valence-electron chi connectivity index (χ0n) is 5.43. The smallest absolute Gasteiger partial charge is 0.195 e. The Morgan fingerprint density at radius 1 is 1.45 bits per heavy atom. The molecule has 11 heavy (non-hydrogen) atoms. The molecule has 7 heteroatoms. The number of rotatable bonds is 1. The number of alkyl halides is 2. The summed E-state index contributed by atoms with van der Waals surface area (Å²) in [4.78, 5) is 0. The lowest BCUT2D eigenvalue weighted by Crippen LogP contribution is -2.37. The van der Waals surface area contributed by atoms with Crippen molar-refractivity contribution in [2.45, 2.75) is 18.9 Å². The highest BCUT2D eigenvalue weighted by Gasteiger charge is 2.47. The summed E-state index contributed by atoms with van der Waals surface area (Å²) in [6, 6.07) is -3.29. The molecule has 0 unspecified atom stereocenters. The lowest BCUT2D eigenvalue weighted by molar-refractivity contribution is -0.0729. The lowest BCUT2D eigenvalue weighted by atomic mass is 10.4. The van der Waals surface area contributed by atoms with E-state index in [0.29, 0.717) is 0 Å². The molecule has 1 aliphatic rings. The molecular weight excluding hydrogens is 200 g/mol. The lowest BCUT2D eigenvalue weighted by Gasteiger charge is -2.18. The van der Waals surface area contributed by atoms with Crippen molar-refractivity contribution in [3.8, 4) is 0 Å². The Labute approximate surface area is 67.5 Å². The van der Waals surface area contributed by atoms with Crippen LogP contribution in [0.3, 0.4) is 0 Å². The predicted molar refractivity (Wildman–Crippen MR) is 35.7 cm³/mol. The number of hydrogen-bond acceptors (Lipinski definition) is 2. The van der Waals surface area contributed by atoms with Gasteiger partial charge in [0.05, 0.1) is 0 Å². The van der Waals surface area contributed by atoms with Crippen LogP contribution in [0.1, 0.15) is 12.8 Å². The fourth-order valence-electron chi connectivity index (χ4n) is 0.992. The van der Waals surface area contributed by atoms with E-state index in [9.17, 15) is 17.2 Å². The maximum absolute atomic E-state index is 12.6. The van der Waals surface area contributed by atoms with Gasteiger partial charge in [0.25, 0.3) is 0 Å². The second-order valence-corrected chi connectivity index (χ2v) is 4.72. The minimum absolute atomic E-state index is 0.0154. The van der Waals surface area contributed by atoms with Crippen molar-refractivity contribution < 1.29 is 17.2 Å². The SMILES string of the molecule is O=S(=O)(Cl)N1CCCC1(F)F. The first-order chi connectivity index (χ1) is 4.84. The molecule has 0 saturated carbocycles. The van der Waals surface area contributed by atoms with Crippen LogP contribution in [0, 0.1) is 0 Å². The van der Waals surface area contributed by atoms with Gasteiger partial charge in [-0.25, -0.2) is 0 Å². The molecule has 0 atom stereocenters. The fraction of sp³-hybridized carbons (Fsp3) is 1.00. The van der Waals surface area contributed by atoms with Gasteiger partial charge in [-0.3, -0.25) is 0 Å². The van der Waals surface area contributed by atoms with Crippen LogP contribution in [0.25, 0.3) is 0 Å². The Hall–Kier alpha value is 0.0600. The Bertz CT molecular complexity index is 253. The van der Waals surface area contributed by atoms with Gasteiger partial charge < -0.3 is 0 Å². The molecule has 0 N–H and O–H groups in total. The van der Waals surface area contributed by atoms with E-state index in [1.807, 2.05) is 0 Å². The van der Waals surface area contributed by atoms with Gasteiger partial charge in [0.15, 0.2) is 0 Å². The van der Waals surface area contributed by atoms with Gasteiger partial charge in [-0.2, -0.15) is 17.2 Å². The van der Waals surface area contributed by atoms with Crippen LogP contribution in [0.15, 0.2) is 0 Å². The standard InChI is InChI=1S/C4H6ClF2NO2S/c5-11(9,10)8-3-1-2-4(8,6)7/h1-3H2. The zero-order valence-corrected chi connectivity index (χ0v) is 7.00. The van der Waals surface area contributed by atoms with Crippen molar-refractivity contribution in [1.29, 1.82) is 0 Å². The molecule has 0 aromatic carbocycles. The van der Waals surface area contributed by atoms with Crippen molar-refractivity contribution in [1.82, 2.24) is 4.31 Å². The van der Waals surface area contributed by atoms with Gasteiger partial charge in [0, 0.05) is 23.6 Å². The maximum Gasteiger partial charge on any atom is 0.318 e. The van der Waals surface area contributed by atoms with E-state index >= 15 is 0 Å². The summed E-state index contributed by atoms with van der Waals surface area (Å²) in [5.74, 6) is 0. The van der Waals surface area contributed by atoms with E-state index < -0.39 is 21.7 Å². The molecule has 1 aliphatic heterocycles. The summed E-state index contributed by atoms with van der Waals surface area (Å²) < 4.78 is 46.1. The van der Waals surface area contributed by atoms with Crippen LogP contribution in [-0.4, -0.2) is 25.3 Å². The fourth-order valence-corrected chi connectivity index (χ4v) is 2.26. The van der Waals surface area contributed by atoms with E-state index in [0.717, 1.165) is 0 Å². The van der Waals surface area contributed by atoms with Gasteiger partial charge in [-0.05, 0) is 6.42 Å². The third kappa shape index (κ3) is 1.80. The van der Waals surface area contributed by atoms with Crippen LogP contribution in [0.5, 0.6) is 0 Å². The minimum atomic E-state index is -4.25. The topological polar surface area (TPSA) is 37.4 Å². The summed E-state index contributed by atoms with van der Waals surface area (Å²) in [5.41, 5.74) is 0. The first-order valence-corrected chi connectivity index (χ1v) is 5.21. The minimum Gasteiger partial charge on any atom is -0.195 e. The Morgan fingerprint density at radius 2 is 2.00 bits per heavy atom. The molecule has 1 fully saturated rings. The summed E-state index contributed by atoms with van der Waals surface area (Å²) in [5, 5.41) is 0. The Morgan fingerprint density at radius 3 is 2.18 bits per heavy atom. The highest BCUT2D eigenvalue weighted by Crippen LogP contribution is 2.35. The first kappa shape index (κ1) is 9.15. The monoisotopic (exact) mass is 205 g/mol. The van der Waals surface area contributed by atoms with Crippen LogP contribution < -0.4 is 0 Å². The maximum atomic E-state index is 12.6. The van der Waals surface area contributed by atoms with Crippen molar-refractivity contribution in [2.24, 2.45) is 0 Å². The molecule has 66 valence electrons. The normalized spacial score (nSPS) is 25.7. The van der Waals surface area contributed by atoms with Crippen LogP contribution in [0.4, 0.5) is 8.78 Å². The summed E-state index contributed by atoms with van der Waals surface area (Å²) in [6.07, 6.45) is -0.294. The molecular formula is C4H6ClF2NO2S. The zero-order chi connectivity index (χ0) is 8.70. The Kier molecular flexibility index (Phi) is 2.11. The first-order valence-electron chi connectivity index (χ1n) is 2.94. The van der Waals surface area contributed by atoms with E-state index in [4.69, 9.17) is 10.7 Å². The predicted octanol–water partition coefficient (Wildman–Crippen LogP) is 1.16. The molecule has 0 amide bonds. The largest absolute Gasteiger partial charge is 0.318 e. The van der Waals surface area contributed by atoms with E-state index in [-0.39, 0.29) is 17.3 Å². The third-order valence-electron chi connectivity index (χ3n) is 1.47.